The number of hydrogen-bond donors (Lipinski definition) is 1. The molecule has 0 bridgehead atoms. The lowest BCUT2D eigenvalue weighted by molar-refractivity contribution is -0.120. The van der Waals surface area contributed by atoms with Gasteiger partial charge < -0.3 is 5.32 Å². The molecule has 1 atom stereocenters. The summed E-state index contributed by atoms with van der Waals surface area (Å²) in [6.45, 7) is 4.09. The molecule has 0 saturated carbocycles. The summed E-state index contributed by atoms with van der Waals surface area (Å²) in [5.74, 6) is 0.164. The molecule has 17 heavy (non-hydrogen) atoms. The molecule has 4 nitrogen and oxygen atoms in total. The quantitative estimate of drug-likeness (QED) is 0.789. The van der Waals surface area contributed by atoms with E-state index in [-0.39, 0.29) is 24.4 Å². The molecular weight excluding hydrogens is 214 g/mol. The highest BCUT2D eigenvalue weighted by molar-refractivity contribution is 6.05. The second-order valence-electron chi connectivity index (χ2n) is 4.47. The Bertz CT molecular complexity index is 476. The fourth-order valence-electron chi connectivity index (χ4n) is 2.03. The van der Waals surface area contributed by atoms with Crippen LogP contribution in [0.4, 0.5) is 11.4 Å². The van der Waals surface area contributed by atoms with E-state index in [1.165, 1.54) is 0 Å². The van der Waals surface area contributed by atoms with Gasteiger partial charge in [-0.15, -0.1) is 0 Å². The van der Waals surface area contributed by atoms with Gasteiger partial charge in [-0.3, -0.25) is 9.69 Å². The van der Waals surface area contributed by atoms with Crippen molar-refractivity contribution in [3.8, 4) is 6.07 Å². The third-order valence-corrected chi connectivity index (χ3v) is 2.93. The largest absolute Gasteiger partial charge is 0.372 e. The van der Waals surface area contributed by atoms with Crippen LogP contribution in [0.1, 0.15) is 13.8 Å². The maximum Gasteiger partial charge on any atom is 0.250 e. The second kappa shape index (κ2) is 4.46. The highest BCUT2D eigenvalue weighted by Crippen LogP contribution is 2.32. The molecule has 0 fully saturated rings. The van der Waals surface area contributed by atoms with E-state index in [1.807, 2.05) is 44.2 Å². The Hall–Kier alpha value is -2.02. The first-order chi connectivity index (χ1) is 8.15. The Labute approximate surface area is 101 Å². The summed E-state index contributed by atoms with van der Waals surface area (Å²) in [7, 11) is 0. The maximum atomic E-state index is 12.2. The van der Waals surface area contributed by atoms with Crippen molar-refractivity contribution in [2.45, 2.75) is 19.9 Å². The number of carbonyl (C=O) groups is 1. The van der Waals surface area contributed by atoms with Crippen LogP contribution in [0.5, 0.6) is 0 Å². The molecule has 1 aliphatic heterocycles. The van der Waals surface area contributed by atoms with Gasteiger partial charge in [0.15, 0.2) is 0 Å². The molecule has 1 unspecified atom stereocenters. The van der Waals surface area contributed by atoms with Gasteiger partial charge in [0.2, 0.25) is 0 Å². The van der Waals surface area contributed by atoms with Crippen molar-refractivity contribution < 1.29 is 4.79 Å². The standard InChI is InChI=1S/C13H15N3O/c1-9(2)12-13(17)16(8-7-14)11-6-4-3-5-10(11)15-12/h3-6,9,12,15H,8H2,1-2H3. The summed E-state index contributed by atoms with van der Waals surface area (Å²) >= 11 is 0. The molecule has 1 amide bonds. The minimum absolute atomic E-state index is 0.0275. The van der Waals surface area contributed by atoms with Gasteiger partial charge in [0.1, 0.15) is 12.6 Å². The van der Waals surface area contributed by atoms with E-state index in [0.717, 1.165) is 11.4 Å². The number of nitrogens with zero attached hydrogens (tertiary/aromatic N) is 2. The van der Waals surface area contributed by atoms with Gasteiger partial charge in [-0.2, -0.15) is 5.26 Å². The fraction of sp³-hybridized carbons (Fsp3) is 0.385. The molecule has 1 heterocycles. The molecule has 0 saturated heterocycles. The van der Waals surface area contributed by atoms with Crippen molar-refractivity contribution in [2.75, 3.05) is 16.8 Å². The molecule has 0 radical (unpaired) electrons. The van der Waals surface area contributed by atoms with Crippen molar-refractivity contribution in [3.63, 3.8) is 0 Å². The zero-order valence-electron chi connectivity index (χ0n) is 9.97. The van der Waals surface area contributed by atoms with Crippen LogP contribution in [0.25, 0.3) is 0 Å². The summed E-state index contributed by atoms with van der Waals surface area (Å²) in [5, 5.41) is 12.1. The van der Waals surface area contributed by atoms with Crippen LogP contribution in [-0.2, 0) is 4.79 Å². The Morgan fingerprint density at radius 3 is 2.82 bits per heavy atom. The minimum Gasteiger partial charge on any atom is -0.372 e. The molecule has 2 rings (SSSR count). The van der Waals surface area contributed by atoms with E-state index in [4.69, 9.17) is 5.26 Å². The second-order valence-corrected chi connectivity index (χ2v) is 4.47. The van der Waals surface area contributed by atoms with Gasteiger partial charge in [-0.05, 0) is 18.1 Å². The number of rotatable bonds is 2. The normalized spacial score (nSPS) is 18.6. The molecule has 1 aromatic rings. The van der Waals surface area contributed by atoms with E-state index >= 15 is 0 Å². The molecular formula is C13H15N3O. The van der Waals surface area contributed by atoms with Crippen LogP contribution in [0.15, 0.2) is 24.3 Å². The summed E-state index contributed by atoms with van der Waals surface area (Å²) in [5.41, 5.74) is 1.71. The number of nitriles is 1. The number of anilines is 2. The number of nitrogens with one attached hydrogen (secondary N) is 1. The number of fused-ring (bicyclic) bond motifs is 1. The number of hydrogen-bond acceptors (Lipinski definition) is 3. The number of amides is 1. The zero-order valence-corrected chi connectivity index (χ0v) is 9.97. The van der Waals surface area contributed by atoms with Crippen molar-refractivity contribution in [1.29, 1.82) is 5.26 Å². The predicted octanol–water partition coefficient (Wildman–Crippen LogP) is 1.99. The van der Waals surface area contributed by atoms with Crippen LogP contribution >= 0.6 is 0 Å². The van der Waals surface area contributed by atoms with Gasteiger partial charge in [0.25, 0.3) is 5.91 Å². The van der Waals surface area contributed by atoms with Crippen molar-refractivity contribution in [2.24, 2.45) is 5.92 Å². The number of para-hydroxylation sites is 2. The number of carbonyl (C=O) groups excluding carboxylic acids is 1. The van der Waals surface area contributed by atoms with E-state index in [0.29, 0.717) is 0 Å². The topological polar surface area (TPSA) is 56.1 Å². The SMILES string of the molecule is CC(C)C1Nc2ccccc2N(CC#N)C1=O. The lowest BCUT2D eigenvalue weighted by Crippen LogP contribution is -2.49. The monoisotopic (exact) mass is 229 g/mol. The molecule has 4 heteroatoms. The smallest absolute Gasteiger partial charge is 0.250 e. The average molecular weight is 229 g/mol. The van der Waals surface area contributed by atoms with E-state index < -0.39 is 0 Å². The van der Waals surface area contributed by atoms with E-state index in [2.05, 4.69) is 5.32 Å². The third kappa shape index (κ3) is 1.96. The summed E-state index contributed by atoms with van der Waals surface area (Å²) in [4.78, 5) is 13.8. The lowest BCUT2D eigenvalue weighted by atomic mass is 9.99. The van der Waals surface area contributed by atoms with E-state index in [9.17, 15) is 4.79 Å². The predicted molar refractivity (Wildman–Crippen MR) is 66.7 cm³/mol. The summed E-state index contributed by atoms with van der Waals surface area (Å²) < 4.78 is 0. The van der Waals surface area contributed by atoms with Gasteiger partial charge in [0, 0.05) is 0 Å². The van der Waals surface area contributed by atoms with Crippen molar-refractivity contribution in [3.05, 3.63) is 24.3 Å². The molecule has 1 aliphatic rings. The minimum atomic E-state index is -0.252. The molecule has 0 aromatic heterocycles. The molecule has 0 aliphatic carbocycles. The van der Waals surface area contributed by atoms with Crippen LogP contribution in [0.3, 0.4) is 0 Å². The first-order valence-electron chi connectivity index (χ1n) is 5.69. The lowest BCUT2D eigenvalue weighted by Gasteiger charge is -2.35. The Kier molecular flexibility index (Phi) is 3.01. The fourth-order valence-corrected chi connectivity index (χ4v) is 2.03. The zero-order chi connectivity index (χ0) is 12.4. The first kappa shape index (κ1) is 11.5. The summed E-state index contributed by atoms with van der Waals surface area (Å²) in [6, 6.07) is 9.37. The number of benzene rings is 1. The Balaban J connectivity index is 2.43. The van der Waals surface area contributed by atoms with Gasteiger partial charge in [-0.1, -0.05) is 26.0 Å². The van der Waals surface area contributed by atoms with E-state index in [1.54, 1.807) is 4.90 Å². The van der Waals surface area contributed by atoms with Gasteiger partial charge in [-0.25, -0.2) is 0 Å². The highest BCUT2D eigenvalue weighted by atomic mass is 16.2. The molecule has 88 valence electrons. The Morgan fingerprint density at radius 2 is 2.18 bits per heavy atom. The first-order valence-corrected chi connectivity index (χ1v) is 5.69. The third-order valence-electron chi connectivity index (χ3n) is 2.93. The van der Waals surface area contributed by atoms with Crippen LogP contribution < -0.4 is 10.2 Å². The molecule has 1 N–H and O–H groups in total. The van der Waals surface area contributed by atoms with Crippen LogP contribution in [-0.4, -0.2) is 18.5 Å². The average Bonchev–Trinajstić information content (AvgIpc) is 2.32. The van der Waals surface area contributed by atoms with Crippen molar-refractivity contribution >= 4 is 17.3 Å². The molecule has 1 aromatic carbocycles. The van der Waals surface area contributed by atoms with Crippen molar-refractivity contribution in [1.82, 2.24) is 0 Å². The van der Waals surface area contributed by atoms with Gasteiger partial charge in [0.05, 0.1) is 17.4 Å². The van der Waals surface area contributed by atoms with Crippen LogP contribution in [0.2, 0.25) is 0 Å². The van der Waals surface area contributed by atoms with Crippen LogP contribution in [0, 0.1) is 17.2 Å². The molecule has 0 spiro atoms. The summed E-state index contributed by atoms with van der Waals surface area (Å²) in [6.07, 6.45) is 0. The maximum absolute atomic E-state index is 12.2. The highest BCUT2D eigenvalue weighted by Gasteiger charge is 2.33. The van der Waals surface area contributed by atoms with Gasteiger partial charge >= 0.3 is 0 Å². The Morgan fingerprint density at radius 1 is 1.47 bits per heavy atom.